The van der Waals surface area contributed by atoms with Crippen molar-refractivity contribution in [3.05, 3.63) is 71.2 Å². The smallest absolute Gasteiger partial charge is 0.355 e. The summed E-state index contributed by atoms with van der Waals surface area (Å²) in [5, 5.41) is 13.7. The molecule has 15 heteroatoms. The van der Waals surface area contributed by atoms with Gasteiger partial charge in [0.05, 0.1) is 11.4 Å². The molecule has 1 atom stereocenters. The molecule has 1 unspecified atom stereocenters. The second-order valence-corrected chi connectivity index (χ2v) is 11.5. The molecule has 4 aromatic rings. The maximum Gasteiger partial charge on any atom is 0.355 e. The van der Waals surface area contributed by atoms with Gasteiger partial charge in [-0.05, 0) is 49.6 Å². The third-order valence-electron chi connectivity index (χ3n) is 6.76. The van der Waals surface area contributed by atoms with Crippen LogP contribution < -0.4 is 20.5 Å². The maximum absolute atomic E-state index is 13.4. The van der Waals surface area contributed by atoms with Crippen molar-refractivity contribution in [2.24, 2.45) is 5.73 Å². The number of carbonyl (C=O) groups is 1. The van der Waals surface area contributed by atoms with Gasteiger partial charge in [-0.1, -0.05) is 30.3 Å². The van der Waals surface area contributed by atoms with Crippen molar-refractivity contribution in [3.63, 3.8) is 0 Å². The summed E-state index contributed by atoms with van der Waals surface area (Å²) in [4.78, 5) is 12.5. The van der Waals surface area contributed by atoms with E-state index in [1.807, 2.05) is 11.6 Å². The number of rotatable bonds is 11. The molecule has 41 heavy (non-hydrogen) atoms. The second kappa shape index (κ2) is 10.5. The van der Waals surface area contributed by atoms with Gasteiger partial charge in [-0.2, -0.15) is 13.9 Å². The molecule has 0 spiro atoms. The first kappa shape index (κ1) is 28.0. The van der Waals surface area contributed by atoms with Crippen molar-refractivity contribution in [2.45, 2.75) is 44.0 Å². The SMILES string of the molecule is CC(Oc1cc(-c2[nH]nc(Nc3cc(C4(C)CC4)on3)c2C(N)=O)ccc1NS(=O)(=O)C(F)F)c1ccc(F)cc1. The van der Waals surface area contributed by atoms with Crippen LogP contribution in [-0.4, -0.2) is 35.4 Å². The molecule has 0 aliphatic heterocycles. The summed E-state index contributed by atoms with van der Waals surface area (Å²) in [6.07, 6.45) is 1.17. The number of amides is 1. The van der Waals surface area contributed by atoms with Gasteiger partial charge in [-0.15, -0.1) is 0 Å². The first-order valence-electron chi connectivity index (χ1n) is 12.3. The van der Waals surface area contributed by atoms with Crippen LogP contribution in [0.1, 0.15) is 54.5 Å². The highest BCUT2D eigenvalue weighted by Gasteiger charge is 2.43. The Bertz CT molecular complexity index is 1700. The Morgan fingerprint density at radius 3 is 2.51 bits per heavy atom. The van der Waals surface area contributed by atoms with Gasteiger partial charge in [-0.25, -0.2) is 12.8 Å². The molecule has 216 valence electrons. The number of H-pyrrole nitrogens is 1. The number of ether oxygens (including phenoxy) is 1. The molecule has 2 aromatic carbocycles. The Kier molecular flexibility index (Phi) is 7.15. The largest absolute Gasteiger partial charge is 0.484 e. The summed E-state index contributed by atoms with van der Waals surface area (Å²) in [6.45, 7) is 3.65. The van der Waals surface area contributed by atoms with Crippen LogP contribution in [0.25, 0.3) is 11.3 Å². The zero-order valence-corrected chi connectivity index (χ0v) is 22.6. The van der Waals surface area contributed by atoms with Crippen molar-refractivity contribution in [1.82, 2.24) is 15.4 Å². The molecule has 1 fully saturated rings. The number of hydrogen-bond acceptors (Lipinski definition) is 8. The number of nitrogens with two attached hydrogens (primary N) is 1. The Morgan fingerprint density at radius 1 is 1.17 bits per heavy atom. The average Bonchev–Trinajstić information content (AvgIpc) is 3.30. The van der Waals surface area contributed by atoms with Crippen molar-refractivity contribution >= 4 is 33.3 Å². The minimum atomic E-state index is -5.05. The van der Waals surface area contributed by atoms with E-state index in [1.165, 1.54) is 42.5 Å². The van der Waals surface area contributed by atoms with E-state index in [2.05, 4.69) is 20.7 Å². The van der Waals surface area contributed by atoms with Crippen LogP contribution in [0, 0.1) is 5.82 Å². The predicted molar refractivity (Wildman–Crippen MR) is 143 cm³/mol. The summed E-state index contributed by atoms with van der Waals surface area (Å²) >= 11 is 0. The van der Waals surface area contributed by atoms with Gasteiger partial charge in [0, 0.05) is 17.0 Å². The highest BCUT2D eigenvalue weighted by Crippen LogP contribution is 2.48. The molecule has 11 nitrogen and oxygen atoms in total. The number of anilines is 3. The topological polar surface area (TPSA) is 165 Å². The van der Waals surface area contributed by atoms with Gasteiger partial charge in [0.25, 0.3) is 15.9 Å². The van der Waals surface area contributed by atoms with Crippen molar-refractivity contribution in [2.75, 3.05) is 10.0 Å². The Morgan fingerprint density at radius 2 is 1.88 bits per heavy atom. The highest BCUT2D eigenvalue weighted by molar-refractivity contribution is 7.93. The molecule has 1 aliphatic rings. The zero-order chi connectivity index (χ0) is 29.5. The van der Waals surface area contributed by atoms with E-state index in [4.69, 9.17) is 15.0 Å². The zero-order valence-electron chi connectivity index (χ0n) is 21.7. The van der Waals surface area contributed by atoms with Crippen LogP contribution >= 0.6 is 0 Å². The minimum Gasteiger partial charge on any atom is -0.484 e. The van der Waals surface area contributed by atoms with Crippen LogP contribution in [0.4, 0.5) is 30.5 Å². The Labute approximate surface area is 232 Å². The van der Waals surface area contributed by atoms with E-state index in [-0.39, 0.29) is 39.5 Å². The van der Waals surface area contributed by atoms with E-state index in [0.717, 1.165) is 12.8 Å². The average molecular weight is 591 g/mol. The summed E-state index contributed by atoms with van der Waals surface area (Å²) < 4.78 is 76.6. The lowest BCUT2D eigenvalue weighted by atomic mass is 10.1. The van der Waals surface area contributed by atoms with Gasteiger partial charge < -0.3 is 20.3 Å². The van der Waals surface area contributed by atoms with Crippen LogP contribution in [0.5, 0.6) is 5.75 Å². The fourth-order valence-corrected chi connectivity index (χ4v) is 4.67. The van der Waals surface area contributed by atoms with Gasteiger partial charge in [0.1, 0.15) is 29.0 Å². The molecule has 0 radical (unpaired) electrons. The first-order chi connectivity index (χ1) is 19.4. The fraction of sp³-hybridized carbons (Fsp3) is 0.269. The quantitative estimate of drug-likeness (QED) is 0.185. The summed E-state index contributed by atoms with van der Waals surface area (Å²) in [5.74, 6) is -4.12. The highest BCUT2D eigenvalue weighted by atomic mass is 32.2. The normalized spacial score (nSPS) is 15.0. The molecule has 1 aliphatic carbocycles. The van der Waals surface area contributed by atoms with Gasteiger partial charge in [0.2, 0.25) is 0 Å². The van der Waals surface area contributed by atoms with E-state index >= 15 is 0 Å². The van der Waals surface area contributed by atoms with Crippen molar-refractivity contribution in [1.29, 1.82) is 0 Å². The third-order valence-corrected chi connectivity index (χ3v) is 7.74. The van der Waals surface area contributed by atoms with E-state index in [0.29, 0.717) is 17.1 Å². The number of sulfonamides is 1. The second-order valence-electron chi connectivity index (χ2n) is 9.88. The number of nitrogens with one attached hydrogen (secondary N) is 3. The van der Waals surface area contributed by atoms with Gasteiger partial charge in [-0.3, -0.25) is 14.6 Å². The van der Waals surface area contributed by atoms with Crippen LogP contribution in [-0.2, 0) is 15.4 Å². The number of halogens is 3. The number of alkyl halides is 2. The lowest BCUT2D eigenvalue weighted by Gasteiger charge is -2.19. The van der Waals surface area contributed by atoms with E-state index < -0.39 is 33.6 Å². The molecule has 2 heterocycles. The molecule has 1 amide bonds. The molecule has 5 rings (SSSR count). The Hall–Kier alpha value is -4.53. The summed E-state index contributed by atoms with van der Waals surface area (Å²) in [6, 6.07) is 11.0. The summed E-state index contributed by atoms with van der Waals surface area (Å²) in [5.41, 5.74) is 6.19. The van der Waals surface area contributed by atoms with Gasteiger partial charge in [0.15, 0.2) is 11.6 Å². The molecule has 5 N–H and O–H groups in total. The third kappa shape index (κ3) is 5.84. The molecular formula is C26H25F3N6O5S. The fourth-order valence-electron chi connectivity index (χ4n) is 4.10. The molecule has 2 aromatic heterocycles. The van der Waals surface area contributed by atoms with Crippen molar-refractivity contribution in [3.8, 4) is 17.0 Å². The lowest BCUT2D eigenvalue weighted by Crippen LogP contribution is -2.21. The number of hydrogen-bond donors (Lipinski definition) is 4. The number of benzene rings is 2. The number of nitrogens with zero attached hydrogens (tertiary/aromatic N) is 2. The summed E-state index contributed by atoms with van der Waals surface area (Å²) in [7, 11) is -5.05. The van der Waals surface area contributed by atoms with Crippen LogP contribution in [0.15, 0.2) is 53.1 Å². The minimum absolute atomic E-state index is 0.0503. The molecular weight excluding hydrogens is 565 g/mol. The number of carbonyl (C=O) groups excluding carboxylic acids is 1. The molecule has 1 saturated carbocycles. The molecule has 0 bridgehead atoms. The predicted octanol–water partition coefficient (Wildman–Crippen LogP) is 5.20. The number of primary amides is 1. The van der Waals surface area contributed by atoms with Gasteiger partial charge >= 0.3 is 5.76 Å². The van der Waals surface area contributed by atoms with Crippen LogP contribution in [0.2, 0.25) is 0 Å². The van der Waals surface area contributed by atoms with E-state index in [1.54, 1.807) is 13.0 Å². The van der Waals surface area contributed by atoms with Crippen LogP contribution in [0.3, 0.4) is 0 Å². The number of aromatic nitrogens is 3. The lowest BCUT2D eigenvalue weighted by molar-refractivity contribution is 0.100. The molecule has 0 saturated heterocycles. The standard InChI is InChI=1S/C26H25F3N6O5S/c1-13(14-3-6-16(27)7-4-14)39-18-11-15(5-8-17(18)35-41(37,38)25(28)29)22-21(23(30)36)24(33-32-22)31-20-12-19(40-34-20)26(2)9-10-26/h3-8,11-13,25,35H,9-10H2,1-2H3,(H2,30,36)(H2,31,32,33,34). The van der Waals surface area contributed by atoms with Crippen molar-refractivity contribution < 1.29 is 35.6 Å². The number of aromatic amines is 1. The first-order valence-corrected chi connectivity index (χ1v) is 13.9. The Balaban J connectivity index is 1.50. The van der Waals surface area contributed by atoms with E-state index in [9.17, 15) is 26.4 Å². The monoisotopic (exact) mass is 590 g/mol. The maximum atomic E-state index is 13.4.